The van der Waals surface area contributed by atoms with Crippen molar-refractivity contribution in [3.8, 4) is 0 Å². The molecule has 0 radical (unpaired) electrons. The van der Waals surface area contributed by atoms with Gasteiger partial charge in [0.1, 0.15) is 34.9 Å². The minimum absolute atomic E-state index is 0.0125. The number of rotatable bonds is 20. The first-order valence-corrected chi connectivity index (χ1v) is 22.9. The molecule has 360 valence electrons. The van der Waals surface area contributed by atoms with E-state index in [2.05, 4.69) is 57.7 Å². The van der Waals surface area contributed by atoms with Crippen LogP contribution in [0.4, 0.5) is 5.82 Å². The summed E-state index contributed by atoms with van der Waals surface area (Å²) in [5.41, 5.74) is 9.46. The van der Waals surface area contributed by atoms with E-state index >= 15 is 0 Å². The van der Waals surface area contributed by atoms with Crippen molar-refractivity contribution in [1.29, 1.82) is 0 Å². The van der Waals surface area contributed by atoms with Crippen LogP contribution < -0.4 is 48.4 Å². The lowest BCUT2D eigenvalue weighted by atomic mass is 10.0. The molecule has 0 saturated carbocycles. The molecule has 6 amide bonds. The smallest absolute Gasteiger partial charge is 0.305 e. The minimum Gasteiger partial charge on any atom is -0.481 e. The third-order valence-corrected chi connectivity index (χ3v) is 10.9. The maximum atomic E-state index is 14.1. The minimum atomic E-state index is -4.48. The number of pyridine rings is 1. The van der Waals surface area contributed by atoms with Crippen molar-refractivity contribution in [2.24, 2.45) is 15.8 Å². The van der Waals surface area contributed by atoms with Crippen molar-refractivity contribution in [2.75, 3.05) is 31.6 Å². The Morgan fingerprint density at radius 2 is 1.45 bits per heavy atom. The molecular formula is C43H56N12O11S. The summed E-state index contributed by atoms with van der Waals surface area (Å²) in [5.74, 6) is -5.62. The summed E-state index contributed by atoms with van der Waals surface area (Å²) >= 11 is 0. The number of carboxylic acids is 1. The number of benzene rings is 2. The molecule has 0 spiro atoms. The van der Waals surface area contributed by atoms with Gasteiger partial charge < -0.3 is 48.1 Å². The number of nitrogens with zero attached hydrogens (tertiary/aromatic N) is 3. The highest BCUT2D eigenvalue weighted by molar-refractivity contribution is 7.86. The molecule has 1 aromatic heterocycles. The van der Waals surface area contributed by atoms with Crippen molar-refractivity contribution in [2.45, 2.75) is 87.4 Å². The number of carboxylic acid groups (broad SMARTS) is 1. The topological polar surface area (TPSA) is 354 Å². The maximum Gasteiger partial charge on any atom is 0.305 e. The van der Waals surface area contributed by atoms with Crippen LogP contribution in [-0.4, -0.2) is 127 Å². The Morgan fingerprint density at radius 1 is 0.806 bits per heavy atom. The van der Waals surface area contributed by atoms with Crippen molar-refractivity contribution in [3.05, 3.63) is 89.6 Å². The number of aliphatic imine (C=N–C) groups is 1. The third kappa shape index (κ3) is 18.1. The van der Waals surface area contributed by atoms with Crippen LogP contribution in [0.15, 0.2) is 87.9 Å². The molecule has 23 nitrogen and oxygen atoms in total. The van der Waals surface area contributed by atoms with Crippen LogP contribution in [0.5, 0.6) is 0 Å². The Labute approximate surface area is 386 Å². The summed E-state index contributed by atoms with van der Waals surface area (Å²) in [4.78, 5) is 101. The van der Waals surface area contributed by atoms with Gasteiger partial charge >= 0.3 is 5.97 Å². The zero-order valence-corrected chi connectivity index (χ0v) is 37.5. The van der Waals surface area contributed by atoms with E-state index in [4.69, 9.17) is 5.73 Å². The van der Waals surface area contributed by atoms with E-state index < -0.39 is 88.7 Å². The average Bonchev–Trinajstić information content (AvgIpc) is 3.29. The number of anilines is 1. The Bertz CT molecular complexity index is 2370. The number of aromatic nitrogens is 1. The lowest BCUT2D eigenvalue weighted by molar-refractivity contribution is -0.141. The van der Waals surface area contributed by atoms with Gasteiger partial charge in [-0.15, -0.1) is 0 Å². The van der Waals surface area contributed by atoms with Crippen LogP contribution in [0.3, 0.4) is 0 Å². The van der Waals surface area contributed by atoms with E-state index in [1.807, 2.05) is 6.92 Å². The Kier molecular flexibility index (Phi) is 20.6. The number of hydrogen-bond acceptors (Lipinski definition) is 13. The largest absolute Gasteiger partial charge is 0.481 e. The van der Waals surface area contributed by atoms with E-state index in [-0.39, 0.29) is 66.6 Å². The second kappa shape index (κ2) is 26.5. The van der Waals surface area contributed by atoms with Crippen molar-refractivity contribution >= 4 is 69.5 Å². The molecule has 0 unspecified atom stereocenters. The zero-order chi connectivity index (χ0) is 48.8. The summed E-state index contributed by atoms with van der Waals surface area (Å²) < 4.78 is 32.7. The molecule has 0 bridgehead atoms. The molecule has 12 N–H and O–H groups in total. The molecule has 1 aliphatic rings. The third-order valence-electron chi connectivity index (χ3n) is 9.93. The van der Waals surface area contributed by atoms with Gasteiger partial charge in [0.05, 0.1) is 24.7 Å². The van der Waals surface area contributed by atoms with Gasteiger partial charge in [-0.1, -0.05) is 55.5 Å². The van der Waals surface area contributed by atoms with Gasteiger partial charge in [-0.2, -0.15) is 13.5 Å². The molecule has 0 aliphatic carbocycles. The molecule has 1 saturated heterocycles. The molecule has 67 heavy (non-hydrogen) atoms. The SMILES string of the molecule is CCCN=C(N)NCCC[C@@H]1NC(=O)[C@H](CCCCNC(=O)c2ccc(N/N=C/c3ccccc3S(=O)(=O)O)nc2)NC(=O)[C@@H](Cc2ccccc2)NC(=O)[C@H](CC(=O)O)NC(=O)CNC1=O. The van der Waals surface area contributed by atoms with Crippen molar-refractivity contribution < 1.29 is 51.6 Å². The molecule has 2 heterocycles. The zero-order valence-electron chi connectivity index (χ0n) is 36.7. The number of guanidine groups is 1. The first kappa shape index (κ1) is 52.2. The van der Waals surface area contributed by atoms with E-state index in [9.17, 15) is 51.6 Å². The van der Waals surface area contributed by atoms with E-state index in [0.717, 1.165) is 6.42 Å². The van der Waals surface area contributed by atoms with Crippen LogP contribution >= 0.6 is 0 Å². The second-order valence-electron chi connectivity index (χ2n) is 15.2. The number of carbonyl (C=O) groups excluding carboxylic acids is 6. The molecule has 24 heteroatoms. The highest BCUT2D eigenvalue weighted by atomic mass is 32.2. The van der Waals surface area contributed by atoms with Crippen molar-refractivity contribution in [3.63, 3.8) is 0 Å². The number of hydrogen-bond donors (Lipinski definition) is 11. The summed E-state index contributed by atoms with van der Waals surface area (Å²) in [6.45, 7) is 2.20. The number of unbranched alkanes of at least 4 members (excludes halogenated alkanes) is 1. The van der Waals surface area contributed by atoms with Crippen LogP contribution in [0.1, 0.15) is 73.4 Å². The molecule has 2 aromatic carbocycles. The van der Waals surface area contributed by atoms with Gasteiger partial charge in [-0.05, 0) is 62.3 Å². The first-order chi connectivity index (χ1) is 32.0. The summed E-state index contributed by atoms with van der Waals surface area (Å²) in [6, 6.07) is 11.8. The van der Waals surface area contributed by atoms with Gasteiger partial charge in [0.2, 0.25) is 29.5 Å². The Hall–Kier alpha value is -7.47. The Balaban J connectivity index is 1.47. The maximum absolute atomic E-state index is 14.1. The van der Waals surface area contributed by atoms with Gasteiger partial charge in [0.25, 0.3) is 16.0 Å². The number of nitrogens with one attached hydrogen (secondary N) is 8. The molecule has 4 rings (SSSR count). The number of hydrazone groups is 1. The van der Waals surface area contributed by atoms with Gasteiger partial charge in [0.15, 0.2) is 5.96 Å². The fourth-order valence-electron chi connectivity index (χ4n) is 6.51. The first-order valence-electron chi connectivity index (χ1n) is 21.4. The van der Waals surface area contributed by atoms with E-state index in [1.54, 1.807) is 36.4 Å². The molecular weight excluding hydrogens is 893 g/mol. The quantitative estimate of drug-likeness (QED) is 0.0225. The predicted octanol–water partition coefficient (Wildman–Crippen LogP) is -0.445. The number of carbonyl (C=O) groups is 7. The Morgan fingerprint density at radius 3 is 2.13 bits per heavy atom. The predicted molar refractivity (Wildman–Crippen MR) is 245 cm³/mol. The van der Waals surface area contributed by atoms with Crippen LogP contribution in [0.2, 0.25) is 0 Å². The molecule has 3 aromatic rings. The number of aliphatic carboxylic acids is 1. The van der Waals surface area contributed by atoms with Gasteiger partial charge in [-0.3, -0.25) is 48.5 Å². The van der Waals surface area contributed by atoms with Crippen molar-refractivity contribution in [1.82, 2.24) is 42.2 Å². The summed E-state index contributed by atoms with van der Waals surface area (Å²) in [7, 11) is -4.48. The highest BCUT2D eigenvalue weighted by Gasteiger charge is 2.33. The average molecular weight is 949 g/mol. The van der Waals surface area contributed by atoms with Crippen LogP contribution in [0, 0.1) is 0 Å². The normalized spacial score (nSPS) is 18.8. The fourth-order valence-corrected chi connectivity index (χ4v) is 7.18. The van der Waals surface area contributed by atoms with Gasteiger partial charge in [0, 0.05) is 37.8 Å². The molecule has 1 aliphatic heterocycles. The lowest BCUT2D eigenvalue weighted by Gasteiger charge is -2.26. The standard InChI is InChI=1S/C43H56N12O11S/c1-2-19-46-43(44)47-21-10-15-30-39(60)49-26-36(56)51-33(23-37(57)58)42(63)54-32(22-27-11-4-3-5-12-27)41(62)53-31(40(61)52-30)14-8-9-20-45-38(59)29-17-18-35(48-24-29)55-50-25-28-13-6-7-16-34(28)67(64,65)66/h3-7,11-13,16-18,24-25,30-33H,2,8-10,14-15,19-23,26H2,1H3,(H,45,59)(H,48,55)(H,49,60)(H,51,56)(H,52,61)(H,53,62)(H,54,63)(H,57,58)(H3,44,46,47)(H,64,65,66)/b50-25+/t30-,31-,32+,33-/m0/s1. The highest BCUT2D eigenvalue weighted by Crippen LogP contribution is 2.14. The van der Waals surface area contributed by atoms with E-state index in [1.165, 1.54) is 42.7 Å². The van der Waals surface area contributed by atoms with Gasteiger partial charge in [-0.25, -0.2) is 4.98 Å². The summed E-state index contributed by atoms with van der Waals surface area (Å²) in [6.07, 6.45) is 3.31. The number of amides is 6. The monoisotopic (exact) mass is 948 g/mol. The lowest BCUT2D eigenvalue weighted by Crippen LogP contribution is -2.58. The van der Waals surface area contributed by atoms with Crippen LogP contribution in [-0.2, 0) is 45.3 Å². The molecule has 1 fully saturated rings. The number of nitrogens with two attached hydrogens (primary N) is 1. The van der Waals surface area contributed by atoms with E-state index in [0.29, 0.717) is 24.9 Å². The fraction of sp³-hybridized carbons (Fsp3) is 0.395. The second-order valence-corrected chi connectivity index (χ2v) is 16.6. The molecule has 4 atom stereocenters. The summed E-state index contributed by atoms with van der Waals surface area (Å²) in [5, 5.41) is 31.9. The van der Waals surface area contributed by atoms with Crippen LogP contribution in [0.25, 0.3) is 0 Å².